The number of nitrogens with one attached hydrogen (secondary N) is 2. The molecule has 3 rings (SSSR count). The van der Waals surface area contributed by atoms with Gasteiger partial charge in [0.15, 0.2) is 0 Å². The number of primary amides is 1. The largest absolute Gasteiger partial charge is 0.369 e. The molecule has 1 atom stereocenters. The van der Waals surface area contributed by atoms with Gasteiger partial charge in [0, 0.05) is 11.6 Å². The number of carbonyl (C=O) groups excluding carboxylic acids is 2. The Kier molecular flexibility index (Phi) is 5.25. The first-order valence-electron chi connectivity index (χ1n) is 8.27. The van der Waals surface area contributed by atoms with Crippen LogP contribution in [0, 0.1) is 11.3 Å². The predicted octanol–water partition coefficient (Wildman–Crippen LogP) is 2.20. The highest BCUT2D eigenvalue weighted by atomic mass is 35.5. The molecular weight excluding hydrogens is 326 g/mol. The number of piperidine rings is 1. The summed E-state index contributed by atoms with van der Waals surface area (Å²) in [5.41, 5.74) is 6.59. The van der Waals surface area contributed by atoms with Gasteiger partial charge in [-0.2, -0.15) is 0 Å². The van der Waals surface area contributed by atoms with Crippen molar-refractivity contribution in [1.29, 1.82) is 0 Å². The number of hydrogen-bond acceptors (Lipinski definition) is 3. The quantitative estimate of drug-likeness (QED) is 0.777. The lowest BCUT2D eigenvalue weighted by molar-refractivity contribution is -0.122. The lowest BCUT2D eigenvalue weighted by Gasteiger charge is -2.23. The second-order valence-corrected chi connectivity index (χ2v) is 7.42. The summed E-state index contributed by atoms with van der Waals surface area (Å²) in [7, 11) is 0. The van der Waals surface area contributed by atoms with Gasteiger partial charge in [0.05, 0.1) is 5.41 Å². The number of carbonyl (C=O) groups is 2. The third kappa shape index (κ3) is 3.42. The Labute approximate surface area is 149 Å². The Bertz CT molecular complexity index is 622. The first-order chi connectivity index (χ1) is 10.8. The molecule has 1 saturated carbocycles. The van der Waals surface area contributed by atoms with Crippen LogP contribution in [-0.2, 0) is 15.0 Å². The number of hydrogen-bond donors (Lipinski definition) is 3. The fraction of sp³-hybridized carbons (Fsp3) is 0.556. The van der Waals surface area contributed by atoms with Gasteiger partial charge in [0.25, 0.3) is 0 Å². The lowest BCUT2D eigenvalue weighted by Crippen LogP contribution is -2.35. The van der Waals surface area contributed by atoms with E-state index >= 15 is 0 Å². The van der Waals surface area contributed by atoms with Gasteiger partial charge < -0.3 is 16.4 Å². The standard InChI is InChI=1S/C18H25N3O2.ClH/c1-17(2,16(19)23)12-3-5-13(6-4-12)21-15(22)14-11-18(14)7-9-20-10-8-18;/h3-6,14,20H,7-11H2,1-2H3,(H2,19,23)(H,21,22);1H. The molecule has 2 aliphatic rings. The van der Waals surface area contributed by atoms with E-state index in [1.165, 1.54) is 0 Å². The second-order valence-electron chi connectivity index (χ2n) is 7.42. The minimum Gasteiger partial charge on any atom is -0.369 e. The molecule has 1 heterocycles. The molecule has 1 spiro atoms. The maximum atomic E-state index is 12.4. The highest BCUT2D eigenvalue weighted by Gasteiger charge is 2.57. The molecule has 6 heteroatoms. The molecular formula is C18H26ClN3O2. The van der Waals surface area contributed by atoms with Crippen molar-refractivity contribution in [1.82, 2.24) is 5.32 Å². The summed E-state index contributed by atoms with van der Waals surface area (Å²) in [6.45, 7) is 5.63. The van der Waals surface area contributed by atoms with Crippen molar-refractivity contribution >= 4 is 29.9 Å². The van der Waals surface area contributed by atoms with Crippen molar-refractivity contribution in [2.45, 2.75) is 38.5 Å². The SMILES string of the molecule is CC(C)(C(N)=O)c1ccc(NC(=O)C2CC23CCNCC3)cc1.Cl. The minimum absolute atomic E-state index is 0. The van der Waals surface area contributed by atoms with Crippen molar-refractivity contribution < 1.29 is 9.59 Å². The third-order valence-electron chi connectivity index (χ3n) is 5.60. The van der Waals surface area contributed by atoms with E-state index in [2.05, 4.69) is 10.6 Å². The van der Waals surface area contributed by atoms with Gasteiger partial charge in [-0.15, -0.1) is 12.4 Å². The van der Waals surface area contributed by atoms with Crippen molar-refractivity contribution in [3.8, 4) is 0 Å². The molecule has 0 radical (unpaired) electrons. The molecule has 1 aliphatic heterocycles. The van der Waals surface area contributed by atoms with Crippen LogP contribution in [-0.4, -0.2) is 24.9 Å². The van der Waals surface area contributed by atoms with E-state index in [0.717, 1.165) is 43.6 Å². The first kappa shape index (κ1) is 18.7. The van der Waals surface area contributed by atoms with Gasteiger partial charge in [0.2, 0.25) is 11.8 Å². The van der Waals surface area contributed by atoms with Crippen LogP contribution < -0.4 is 16.4 Å². The summed E-state index contributed by atoms with van der Waals surface area (Å²) in [5, 5.41) is 6.36. The zero-order chi connectivity index (χ0) is 16.7. The molecule has 132 valence electrons. The highest BCUT2D eigenvalue weighted by molar-refractivity contribution is 5.95. The summed E-state index contributed by atoms with van der Waals surface area (Å²) < 4.78 is 0. The van der Waals surface area contributed by atoms with E-state index in [9.17, 15) is 9.59 Å². The summed E-state index contributed by atoms with van der Waals surface area (Å²) in [6, 6.07) is 7.39. The van der Waals surface area contributed by atoms with Gasteiger partial charge in [-0.3, -0.25) is 9.59 Å². The zero-order valence-electron chi connectivity index (χ0n) is 14.2. The van der Waals surface area contributed by atoms with E-state index in [1.807, 2.05) is 24.3 Å². The third-order valence-corrected chi connectivity index (χ3v) is 5.60. The Morgan fingerprint density at radius 3 is 2.33 bits per heavy atom. The molecule has 1 aromatic carbocycles. The molecule has 0 aromatic heterocycles. The predicted molar refractivity (Wildman–Crippen MR) is 97.2 cm³/mol. The molecule has 4 N–H and O–H groups in total. The second kappa shape index (κ2) is 6.73. The fourth-order valence-electron chi connectivity index (χ4n) is 3.54. The Balaban J connectivity index is 0.00000208. The maximum absolute atomic E-state index is 12.4. The summed E-state index contributed by atoms with van der Waals surface area (Å²) in [5.74, 6) is -0.0970. The number of anilines is 1. The molecule has 0 bridgehead atoms. The molecule has 2 amide bonds. The molecule has 24 heavy (non-hydrogen) atoms. The van der Waals surface area contributed by atoms with Crippen molar-refractivity contribution in [3.05, 3.63) is 29.8 Å². The van der Waals surface area contributed by atoms with Gasteiger partial charge in [-0.1, -0.05) is 12.1 Å². The molecule has 1 aliphatic carbocycles. The number of amides is 2. The number of nitrogens with two attached hydrogens (primary N) is 1. The fourth-order valence-corrected chi connectivity index (χ4v) is 3.54. The Morgan fingerprint density at radius 2 is 1.79 bits per heavy atom. The van der Waals surface area contributed by atoms with Crippen molar-refractivity contribution in [2.75, 3.05) is 18.4 Å². The van der Waals surface area contributed by atoms with E-state index in [-0.39, 0.29) is 35.6 Å². The van der Waals surface area contributed by atoms with E-state index in [0.29, 0.717) is 0 Å². The average Bonchev–Trinajstić information content (AvgIpc) is 3.21. The van der Waals surface area contributed by atoms with Crippen LogP contribution in [0.4, 0.5) is 5.69 Å². The first-order valence-corrected chi connectivity index (χ1v) is 8.27. The van der Waals surface area contributed by atoms with Gasteiger partial charge in [0.1, 0.15) is 0 Å². The van der Waals surface area contributed by atoms with E-state index < -0.39 is 5.41 Å². The Hall–Kier alpha value is -1.59. The lowest BCUT2D eigenvalue weighted by atomic mass is 9.84. The van der Waals surface area contributed by atoms with Crippen LogP contribution in [0.2, 0.25) is 0 Å². The smallest absolute Gasteiger partial charge is 0.228 e. The molecule has 1 aromatic rings. The van der Waals surface area contributed by atoms with Crippen LogP contribution in [0.15, 0.2) is 24.3 Å². The molecule has 5 nitrogen and oxygen atoms in total. The number of halogens is 1. The number of rotatable bonds is 4. The van der Waals surface area contributed by atoms with Crippen molar-refractivity contribution in [3.63, 3.8) is 0 Å². The van der Waals surface area contributed by atoms with Gasteiger partial charge >= 0.3 is 0 Å². The van der Waals surface area contributed by atoms with E-state index in [1.54, 1.807) is 13.8 Å². The monoisotopic (exact) mass is 351 g/mol. The highest BCUT2D eigenvalue weighted by Crippen LogP contribution is 2.58. The van der Waals surface area contributed by atoms with Crippen LogP contribution in [0.5, 0.6) is 0 Å². The minimum atomic E-state index is -0.710. The van der Waals surface area contributed by atoms with Crippen LogP contribution in [0.1, 0.15) is 38.7 Å². The normalized spacial score (nSPS) is 21.7. The van der Waals surface area contributed by atoms with Crippen LogP contribution >= 0.6 is 12.4 Å². The summed E-state index contributed by atoms with van der Waals surface area (Å²) in [6.07, 6.45) is 3.20. The molecule has 1 unspecified atom stereocenters. The summed E-state index contributed by atoms with van der Waals surface area (Å²) in [4.78, 5) is 23.9. The number of benzene rings is 1. The van der Waals surface area contributed by atoms with Crippen LogP contribution in [0.3, 0.4) is 0 Å². The van der Waals surface area contributed by atoms with Gasteiger partial charge in [-0.05, 0) is 69.3 Å². The van der Waals surface area contributed by atoms with Crippen molar-refractivity contribution in [2.24, 2.45) is 17.1 Å². The topological polar surface area (TPSA) is 84.2 Å². The van der Waals surface area contributed by atoms with Crippen LogP contribution in [0.25, 0.3) is 0 Å². The maximum Gasteiger partial charge on any atom is 0.228 e. The Morgan fingerprint density at radius 1 is 1.21 bits per heavy atom. The zero-order valence-corrected chi connectivity index (χ0v) is 15.0. The molecule has 1 saturated heterocycles. The summed E-state index contributed by atoms with van der Waals surface area (Å²) >= 11 is 0. The van der Waals surface area contributed by atoms with E-state index in [4.69, 9.17) is 5.73 Å². The van der Waals surface area contributed by atoms with Gasteiger partial charge in [-0.25, -0.2) is 0 Å². The average molecular weight is 352 g/mol. The molecule has 2 fully saturated rings.